The smallest absolute Gasteiger partial charge is 0.0178 e. The predicted octanol–water partition coefficient (Wildman–Crippen LogP) is 4.76. The van der Waals surface area contributed by atoms with Crippen molar-refractivity contribution in [2.75, 3.05) is 0 Å². The van der Waals surface area contributed by atoms with E-state index in [4.69, 9.17) is 0 Å². The molecule has 0 radical (unpaired) electrons. The number of hydrogen-bond acceptors (Lipinski definition) is 0. The van der Waals surface area contributed by atoms with Gasteiger partial charge in [0.1, 0.15) is 0 Å². The Balaban J connectivity index is 2.47. The number of hydrogen-bond donors (Lipinski definition) is 0. The Kier molecular flexibility index (Phi) is 3.84. The van der Waals surface area contributed by atoms with Gasteiger partial charge in [-0.2, -0.15) is 0 Å². The average molecular weight is 244 g/mol. The highest BCUT2D eigenvalue weighted by atomic mass is 31.1. The van der Waals surface area contributed by atoms with Crippen LogP contribution in [0.4, 0.5) is 0 Å². The molecule has 0 saturated heterocycles. The molecule has 0 saturated carbocycles. The first-order valence-electron chi connectivity index (χ1n) is 6.36. The first-order valence-corrected chi connectivity index (χ1v) is 7.84. The van der Waals surface area contributed by atoms with E-state index >= 15 is 0 Å². The molecule has 0 N–H and O–H groups in total. The average Bonchev–Trinajstić information content (AvgIpc) is 2.28. The Morgan fingerprint density at radius 3 is 1.94 bits per heavy atom. The lowest BCUT2D eigenvalue weighted by Crippen LogP contribution is -2.14. The van der Waals surface area contributed by atoms with Crippen molar-refractivity contribution in [2.45, 2.75) is 39.0 Å². The van der Waals surface area contributed by atoms with Crippen molar-refractivity contribution in [1.82, 2.24) is 0 Å². The van der Waals surface area contributed by atoms with Gasteiger partial charge in [0.15, 0.2) is 0 Å². The van der Waals surface area contributed by atoms with Crippen molar-refractivity contribution in [3.8, 4) is 0 Å². The zero-order valence-electron chi connectivity index (χ0n) is 11.1. The minimum Gasteiger partial charge on any atom is -0.0700 e. The molecule has 17 heavy (non-hydrogen) atoms. The van der Waals surface area contributed by atoms with Crippen molar-refractivity contribution in [2.24, 2.45) is 0 Å². The van der Waals surface area contributed by atoms with E-state index in [1.165, 1.54) is 10.8 Å². The highest BCUT2D eigenvalue weighted by molar-refractivity contribution is 7.66. The predicted molar refractivity (Wildman–Crippen MR) is 80.8 cm³/mol. The summed E-state index contributed by atoms with van der Waals surface area (Å²) in [6, 6.07) is 15.6. The van der Waals surface area contributed by atoms with Gasteiger partial charge in [-0.15, -0.1) is 0 Å². The van der Waals surface area contributed by atoms with Gasteiger partial charge in [0.25, 0.3) is 0 Å². The summed E-state index contributed by atoms with van der Waals surface area (Å²) >= 11 is 0. The first kappa shape index (κ1) is 12.6. The van der Waals surface area contributed by atoms with E-state index in [-0.39, 0.29) is 7.92 Å². The van der Waals surface area contributed by atoms with E-state index in [9.17, 15) is 0 Å². The fraction of sp³-hybridized carbons (Fsp3) is 0.375. The monoisotopic (exact) mass is 244 g/mol. The fourth-order valence-corrected chi connectivity index (χ4v) is 5.45. The SMILES string of the molecule is CC(C)P(c1ccc2ccccc2c1)C(C)C. The van der Waals surface area contributed by atoms with Crippen molar-refractivity contribution in [3.63, 3.8) is 0 Å². The second-order valence-corrected chi connectivity index (χ2v) is 8.52. The van der Waals surface area contributed by atoms with E-state index < -0.39 is 0 Å². The molecule has 0 atom stereocenters. The van der Waals surface area contributed by atoms with Crippen LogP contribution in [0.5, 0.6) is 0 Å². The molecule has 2 aromatic carbocycles. The molecule has 0 amide bonds. The zero-order valence-corrected chi connectivity index (χ0v) is 12.0. The Morgan fingerprint density at radius 1 is 0.765 bits per heavy atom. The van der Waals surface area contributed by atoms with Gasteiger partial charge in [0.2, 0.25) is 0 Å². The maximum Gasteiger partial charge on any atom is -0.0178 e. The summed E-state index contributed by atoms with van der Waals surface area (Å²) in [4.78, 5) is 0. The number of rotatable bonds is 3. The van der Waals surface area contributed by atoms with Crippen molar-refractivity contribution < 1.29 is 0 Å². The van der Waals surface area contributed by atoms with Crippen molar-refractivity contribution >= 4 is 24.0 Å². The Morgan fingerprint density at radius 2 is 1.35 bits per heavy atom. The highest BCUT2D eigenvalue weighted by Crippen LogP contribution is 2.45. The molecule has 0 aromatic heterocycles. The summed E-state index contributed by atoms with van der Waals surface area (Å²) in [5, 5.41) is 4.27. The van der Waals surface area contributed by atoms with Crippen LogP contribution >= 0.6 is 7.92 Å². The van der Waals surface area contributed by atoms with Crippen LogP contribution in [-0.2, 0) is 0 Å². The van der Waals surface area contributed by atoms with Crippen LogP contribution in [0.25, 0.3) is 10.8 Å². The molecule has 0 spiro atoms. The van der Waals surface area contributed by atoms with Gasteiger partial charge in [-0.25, -0.2) is 0 Å². The second kappa shape index (κ2) is 5.19. The quantitative estimate of drug-likeness (QED) is 0.683. The minimum atomic E-state index is -0.0470. The normalized spacial score (nSPS) is 11.9. The van der Waals surface area contributed by atoms with Gasteiger partial charge in [-0.1, -0.05) is 72.0 Å². The van der Waals surface area contributed by atoms with Crippen LogP contribution in [0.1, 0.15) is 27.7 Å². The molecule has 2 rings (SSSR count). The third-order valence-electron chi connectivity index (χ3n) is 3.14. The molecule has 0 aliphatic rings. The summed E-state index contributed by atoms with van der Waals surface area (Å²) in [7, 11) is -0.0470. The topological polar surface area (TPSA) is 0 Å². The van der Waals surface area contributed by atoms with Crippen LogP contribution in [0, 0.1) is 0 Å². The van der Waals surface area contributed by atoms with Gasteiger partial charge in [-0.3, -0.25) is 0 Å². The molecule has 0 heterocycles. The van der Waals surface area contributed by atoms with Crippen LogP contribution in [0.15, 0.2) is 42.5 Å². The Hall–Kier alpha value is -0.870. The lowest BCUT2D eigenvalue weighted by molar-refractivity contribution is 1.02. The third-order valence-corrected chi connectivity index (χ3v) is 6.24. The van der Waals surface area contributed by atoms with Gasteiger partial charge in [0.05, 0.1) is 0 Å². The molecule has 0 aliphatic carbocycles. The Labute approximate surface area is 106 Å². The molecular formula is C16H21P. The van der Waals surface area contributed by atoms with Crippen LogP contribution in [-0.4, -0.2) is 11.3 Å². The van der Waals surface area contributed by atoms with E-state index in [2.05, 4.69) is 70.2 Å². The molecule has 0 aliphatic heterocycles. The van der Waals surface area contributed by atoms with Crippen LogP contribution < -0.4 is 5.30 Å². The van der Waals surface area contributed by atoms with Gasteiger partial charge in [0, 0.05) is 0 Å². The molecular weight excluding hydrogens is 223 g/mol. The standard InChI is InChI=1S/C16H21P/c1-12(2)17(13(3)4)16-10-9-14-7-5-6-8-15(14)11-16/h5-13H,1-4H3. The maximum atomic E-state index is 2.39. The van der Waals surface area contributed by atoms with Gasteiger partial charge in [-0.05, 0) is 33.5 Å². The molecule has 1 heteroatoms. The van der Waals surface area contributed by atoms with Gasteiger partial charge < -0.3 is 0 Å². The fourth-order valence-electron chi connectivity index (χ4n) is 2.53. The van der Waals surface area contributed by atoms with E-state index in [1.807, 2.05) is 0 Å². The highest BCUT2D eigenvalue weighted by Gasteiger charge is 2.18. The summed E-state index contributed by atoms with van der Waals surface area (Å²) in [6.45, 7) is 9.39. The molecule has 0 bridgehead atoms. The summed E-state index contributed by atoms with van der Waals surface area (Å²) in [6.07, 6.45) is 0. The van der Waals surface area contributed by atoms with Crippen LogP contribution in [0.3, 0.4) is 0 Å². The number of benzene rings is 2. The molecule has 2 aromatic rings. The molecule has 0 nitrogen and oxygen atoms in total. The van der Waals surface area contributed by atoms with Crippen molar-refractivity contribution in [1.29, 1.82) is 0 Å². The van der Waals surface area contributed by atoms with Crippen LogP contribution in [0.2, 0.25) is 0 Å². The lowest BCUT2D eigenvalue weighted by Gasteiger charge is -2.26. The molecule has 90 valence electrons. The van der Waals surface area contributed by atoms with Gasteiger partial charge >= 0.3 is 0 Å². The van der Waals surface area contributed by atoms with E-state index in [0.717, 1.165) is 11.3 Å². The lowest BCUT2D eigenvalue weighted by atomic mass is 10.1. The minimum absolute atomic E-state index is 0.0470. The maximum absolute atomic E-state index is 2.39. The molecule has 0 unspecified atom stereocenters. The zero-order chi connectivity index (χ0) is 12.4. The Bertz CT molecular complexity index is 492. The molecule has 0 fully saturated rings. The second-order valence-electron chi connectivity index (χ2n) is 5.13. The number of fused-ring (bicyclic) bond motifs is 1. The van der Waals surface area contributed by atoms with E-state index in [0.29, 0.717) is 0 Å². The summed E-state index contributed by atoms with van der Waals surface area (Å²) in [5.74, 6) is 0. The summed E-state index contributed by atoms with van der Waals surface area (Å²) < 4.78 is 0. The summed E-state index contributed by atoms with van der Waals surface area (Å²) in [5.41, 5.74) is 1.51. The van der Waals surface area contributed by atoms with E-state index in [1.54, 1.807) is 5.30 Å². The van der Waals surface area contributed by atoms with Crippen molar-refractivity contribution in [3.05, 3.63) is 42.5 Å². The third kappa shape index (κ3) is 2.69. The largest absolute Gasteiger partial charge is 0.0700 e. The first-order chi connectivity index (χ1) is 8.09.